The second-order valence-electron chi connectivity index (χ2n) is 9.55. The summed E-state index contributed by atoms with van der Waals surface area (Å²) in [5.41, 5.74) is 8.68. The van der Waals surface area contributed by atoms with Crippen molar-refractivity contribution in [3.05, 3.63) is 47.5 Å². The Morgan fingerprint density at radius 2 is 2.00 bits per heavy atom. The Morgan fingerprint density at radius 3 is 2.69 bits per heavy atom. The van der Waals surface area contributed by atoms with Crippen molar-refractivity contribution in [3.8, 4) is 0 Å². The van der Waals surface area contributed by atoms with Gasteiger partial charge in [0.1, 0.15) is 4.99 Å². The molecule has 29 heavy (non-hydrogen) atoms. The maximum Gasteiger partial charge on any atom is 0.113 e. The van der Waals surface area contributed by atoms with Crippen molar-refractivity contribution in [2.75, 3.05) is 13.2 Å². The van der Waals surface area contributed by atoms with Gasteiger partial charge in [0.15, 0.2) is 0 Å². The van der Waals surface area contributed by atoms with Crippen LogP contribution in [0.25, 0.3) is 0 Å². The average Bonchev–Trinajstić information content (AvgIpc) is 3.46. The van der Waals surface area contributed by atoms with Crippen LogP contribution in [0.2, 0.25) is 0 Å². The second-order valence-corrected chi connectivity index (χ2v) is 9.94. The van der Waals surface area contributed by atoms with Crippen LogP contribution in [0, 0.1) is 23.2 Å². The van der Waals surface area contributed by atoms with E-state index in [0.29, 0.717) is 17.8 Å². The molecule has 4 atom stereocenters. The lowest BCUT2D eigenvalue weighted by molar-refractivity contribution is 0.0466. The van der Waals surface area contributed by atoms with Crippen LogP contribution in [0.4, 0.5) is 0 Å². The molecular formula is C25H32N2OS. The SMILES string of the molecule is CCOC1C2=CC3(c4ccccc4)CC2(C(=S)/N=C/C2CCC(CN)CC2)CC13. The van der Waals surface area contributed by atoms with E-state index in [4.69, 9.17) is 27.7 Å². The van der Waals surface area contributed by atoms with Crippen molar-refractivity contribution < 1.29 is 4.74 Å². The highest BCUT2D eigenvalue weighted by molar-refractivity contribution is 7.80. The summed E-state index contributed by atoms with van der Waals surface area (Å²) in [5.74, 6) is 1.75. The topological polar surface area (TPSA) is 47.6 Å². The number of allylic oxidation sites excluding steroid dienone is 1. The van der Waals surface area contributed by atoms with E-state index in [0.717, 1.165) is 31.0 Å². The molecule has 3 saturated carbocycles. The van der Waals surface area contributed by atoms with Crippen LogP contribution >= 0.6 is 12.2 Å². The van der Waals surface area contributed by atoms with Crippen molar-refractivity contribution >= 4 is 23.4 Å². The maximum absolute atomic E-state index is 6.24. The third-order valence-corrected chi connectivity index (χ3v) is 8.65. The zero-order chi connectivity index (χ0) is 20.1. The number of nitrogens with two attached hydrogens (primary N) is 1. The lowest BCUT2D eigenvalue weighted by Gasteiger charge is -2.35. The molecule has 0 heterocycles. The molecule has 4 bridgehead atoms. The number of benzene rings is 1. The van der Waals surface area contributed by atoms with Crippen LogP contribution in [0.5, 0.6) is 0 Å². The molecule has 3 nitrogen and oxygen atoms in total. The summed E-state index contributed by atoms with van der Waals surface area (Å²) in [7, 11) is 0. The Bertz CT molecular complexity index is 842. The van der Waals surface area contributed by atoms with Gasteiger partial charge in [-0.2, -0.15) is 0 Å². The zero-order valence-corrected chi connectivity index (χ0v) is 18.2. The minimum absolute atomic E-state index is 0.0688. The molecule has 0 aliphatic heterocycles. The number of aliphatic imine (C=N–C) groups is 1. The third-order valence-electron chi connectivity index (χ3n) is 8.16. The number of thiocarbonyl (C=S) groups is 1. The van der Waals surface area contributed by atoms with E-state index in [9.17, 15) is 0 Å². The van der Waals surface area contributed by atoms with Crippen molar-refractivity contribution in [1.29, 1.82) is 0 Å². The zero-order valence-electron chi connectivity index (χ0n) is 17.3. The molecule has 5 aliphatic rings. The van der Waals surface area contributed by atoms with Crippen LogP contribution in [0.3, 0.4) is 0 Å². The van der Waals surface area contributed by atoms with Gasteiger partial charge in [0.25, 0.3) is 0 Å². The minimum atomic E-state index is -0.0688. The van der Waals surface area contributed by atoms with Crippen molar-refractivity contribution in [1.82, 2.24) is 0 Å². The number of hydrogen-bond acceptors (Lipinski definition) is 3. The normalized spacial score (nSPS) is 40.1. The van der Waals surface area contributed by atoms with Gasteiger partial charge in [0.2, 0.25) is 0 Å². The average molecular weight is 409 g/mol. The second kappa shape index (κ2) is 7.40. The Hall–Kier alpha value is -1.36. The Balaban J connectivity index is 1.38. The molecule has 0 radical (unpaired) electrons. The summed E-state index contributed by atoms with van der Waals surface area (Å²) in [6.07, 6.45) is 11.9. The lowest BCUT2D eigenvalue weighted by Crippen LogP contribution is -2.36. The molecule has 4 heteroatoms. The first-order valence-electron chi connectivity index (χ1n) is 11.3. The van der Waals surface area contributed by atoms with Crippen molar-refractivity contribution in [3.63, 3.8) is 0 Å². The molecule has 154 valence electrons. The van der Waals surface area contributed by atoms with E-state index in [1.807, 2.05) is 0 Å². The molecule has 0 aromatic heterocycles. The van der Waals surface area contributed by atoms with Crippen molar-refractivity contribution in [2.24, 2.45) is 33.9 Å². The predicted molar refractivity (Wildman–Crippen MR) is 122 cm³/mol. The highest BCUT2D eigenvalue weighted by Crippen LogP contribution is 2.73. The first-order valence-corrected chi connectivity index (χ1v) is 11.7. The van der Waals surface area contributed by atoms with E-state index < -0.39 is 0 Å². The summed E-state index contributed by atoms with van der Waals surface area (Å²) >= 11 is 5.99. The number of ether oxygens (including phenoxy) is 1. The summed E-state index contributed by atoms with van der Waals surface area (Å²) in [6, 6.07) is 11.0. The minimum Gasteiger partial charge on any atom is -0.374 e. The standard InChI is InChI=1S/C25H32N2OS/c1-2-28-22-20-13-25(23(29)27-15-18-10-8-17(14-26)9-11-18)16-24(20,12-21(22)25)19-6-4-3-5-7-19/h3-7,12,15,17-18,20,22H,2,8-11,13-14,16,26H2,1H3/b27-15+. The molecule has 4 unspecified atom stereocenters. The molecule has 6 rings (SSSR count). The molecule has 5 aliphatic carbocycles. The molecule has 0 saturated heterocycles. The monoisotopic (exact) mass is 408 g/mol. The van der Waals surface area contributed by atoms with Crippen LogP contribution in [0.15, 0.2) is 47.0 Å². The van der Waals surface area contributed by atoms with E-state index >= 15 is 0 Å². The van der Waals surface area contributed by atoms with Gasteiger partial charge in [0.05, 0.1) is 6.10 Å². The van der Waals surface area contributed by atoms with Gasteiger partial charge in [-0.25, -0.2) is 0 Å². The molecule has 1 aromatic carbocycles. The summed E-state index contributed by atoms with van der Waals surface area (Å²) < 4.78 is 6.24. The van der Waals surface area contributed by atoms with E-state index in [2.05, 4.69) is 49.5 Å². The number of hydrogen-bond donors (Lipinski definition) is 1. The molecule has 1 aromatic rings. The van der Waals surface area contributed by atoms with E-state index in [-0.39, 0.29) is 16.9 Å². The van der Waals surface area contributed by atoms with Gasteiger partial charge < -0.3 is 10.5 Å². The van der Waals surface area contributed by atoms with Gasteiger partial charge in [-0.1, -0.05) is 48.6 Å². The van der Waals surface area contributed by atoms with E-state index in [1.165, 1.54) is 36.8 Å². The Labute approximate surface area is 179 Å². The third kappa shape index (κ3) is 2.90. The number of nitrogens with zero attached hydrogens (tertiary/aromatic N) is 1. The fourth-order valence-electron chi connectivity index (χ4n) is 6.69. The van der Waals surface area contributed by atoms with Crippen LogP contribution in [-0.2, 0) is 10.2 Å². The summed E-state index contributed by atoms with van der Waals surface area (Å²) in [4.78, 5) is 5.82. The van der Waals surface area contributed by atoms with Gasteiger partial charge >= 0.3 is 0 Å². The van der Waals surface area contributed by atoms with Crippen LogP contribution in [-0.4, -0.2) is 30.5 Å². The lowest BCUT2D eigenvalue weighted by atomic mass is 9.72. The smallest absolute Gasteiger partial charge is 0.113 e. The van der Waals surface area contributed by atoms with Gasteiger partial charge in [0, 0.05) is 29.6 Å². The largest absolute Gasteiger partial charge is 0.374 e. The Morgan fingerprint density at radius 1 is 1.24 bits per heavy atom. The summed E-state index contributed by atoms with van der Waals surface area (Å²) in [5, 5.41) is 0. The highest BCUT2D eigenvalue weighted by atomic mass is 32.1. The van der Waals surface area contributed by atoms with Gasteiger partial charge in [-0.15, -0.1) is 0 Å². The fraction of sp³-hybridized carbons (Fsp3) is 0.600. The Kier molecular flexibility index (Phi) is 5.00. The van der Waals surface area contributed by atoms with Gasteiger partial charge in [-0.3, -0.25) is 4.99 Å². The quantitative estimate of drug-likeness (QED) is 0.416. The molecule has 3 fully saturated rings. The molecular weight excluding hydrogens is 376 g/mol. The number of rotatable bonds is 6. The van der Waals surface area contributed by atoms with Crippen LogP contribution < -0.4 is 5.73 Å². The molecule has 0 spiro atoms. The maximum atomic E-state index is 6.24. The first kappa shape index (κ1) is 19.6. The van der Waals surface area contributed by atoms with Crippen molar-refractivity contribution in [2.45, 2.75) is 57.0 Å². The predicted octanol–water partition coefficient (Wildman–Crippen LogP) is 4.84. The molecule has 2 N–H and O–H groups in total. The molecule has 0 amide bonds. The fourth-order valence-corrected chi connectivity index (χ4v) is 7.03. The van der Waals surface area contributed by atoms with Gasteiger partial charge in [-0.05, 0) is 75.0 Å². The van der Waals surface area contributed by atoms with Crippen LogP contribution in [0.1, 0.15) is 51.0 Å². The highest BCUT2D eigenvalue weighted by Gasteiger charge is 2.72. The first-order chi connectivity index (χ1) is 14.1. The summed E-state index contributed by atoms with van der Waals surface area (Å²) in [6.45, 7) is 3.67. The van der Waals surface area contributed by atoms with E-state index in [1.54, 1.807) is 0 Å².